The highest BCUT2D eigenvalue weighted by Gasteiger charge is 2.11. The summed E-state index contributed by atoms with van der Waals surface area (Å²) in [5.74, 6) is 0.958. The van der Waals surface area contributed by atoms with E-state index in [0.717, 1.165) is 5.56 Å². The smallest absolute Gasteiger partial charge is 0.361 e. The number of anilines is 1. The third-order valence-corrected chi connectivity index (χ3v) is 3.26. The molecule has 0 saturated carbocycles. The number of nitrogens with zero attached hydrogens (tertiary/aromatic N) is 3. The fourth-order valence-electron chi connectivity index (χ4n) is 1.95. The fraction of sp³-hybridized carbons (Fsp3) is 0.154. The van der Waals surface area contributed by atoms with Crippen molar-refractivity contribution in [1.82, 2.24) is 19.8 Å². The standard InChI is InChI=1S/C13H12ClN5O/c14-8-10(9-4-2-1-3-5-9)15-11-6-7-12-16-17-13(20)19(12)18-11/h1-7,10H,8H2,(H,15,18)(H,17,20). The van der Waals surface area contributed by atoms with Gasteiger partial charge in [0.05, 0.1) is 6.04 Å². The lowest BCUT2D eigenvalue weighted by molar-refractivity contribution is 0.834. The van der Waals surface area contributed by atoms with Gasteiger partial charge in [0.25, 0.3) is 0 Å². The lowest BCUT2D eigenvalue weighted by Gasteiger charge is -2.16. The van der Waals surface area contributed by atoms with Gasteiger partial charge in [-0.05, 0) is 17.7 Å². The fourth-order valence-corrected chi connectivity index (χ4v) is 2.21. The number of fused-ring (bicyclic) bond motifs is 1. The Balaban J connectivity index is 1.91. The zero-order chi connectivity index (χ0) is 13.9. The van der Waals surface area contributed by atoms with E-state index in [2.05, 4.69) is 20.6 Å². The average Bonchev–Trinajstić information content (AvgIpc) is 2.87. The molecule has 6 nitrogen and oxygen atoms in total. The van der Waals surface area contributed by atoms with Crippen LogP contribution in [0.4, 0.5) is 5.82 Å². The van der Waals surface area contributed by atoms with E-state index < -0.39 is 0 Å². The summed E-state index contributed by atoms with van der Waals surface area (Å²) in [7, 11) is 0. The highest BCUT2D eigenvalue weighted by Crippen LogP contribution is 2.19. The van der Waals surface area contributed by atoms with E-state index in [0.29, 0.717) is 17.3 Å². The van der Waals surface area contributed by atoms with E-state index in [-0.39, 0.29) is 11.7 Å². The molecule has 3 aromatic rings. The monoisotopic (exact) mass is 289 g/mol. The maximum absolute atomic E-state index is 11.5. The molecule has 0 saturated heterocycles. The van der Waals surface area contributed by atoms with Gasteiger partial charge >= 0.3 is 5.69 Å². The number of alkyl halides is 1. The second-order valence-electron chi connectivity index (χ2n) is 4.28. The Hall–Kier alpha value is -2.34. The van der Waals surface area contributed by atoms with Crippen LogP contribution in [0.1, 0.15) is 11.6 Å². The summed E-state index contributed by atoms with van der Waals surface area (Å²) < 4.78 is 1.21. The molecule has 2 aromatic heterocycles. The largest absolute Gasteiger partial charge is 0.364 e. The van der Waals surface area contributed by atoms with Crippen molar-refractivity contribution in [2.24, 2.45) is 0 Å². The molecule has 2 heterocycles. The molecular weight excluding hydrogens is 278 g/mol. The number of halogens is 1. The first-order valence-corrected chi connectivity index (χ1v) is 6.63. The van der Waals surface area contributed by atoms with Crippen LogP contribution >= 0.6 is 11.6 Å². The van der Waals surface area contributed by atoms with Crippen molar-refractivity contribution < 1.29 is 0 Å². The van der Waals surface area contributed by atoms with Gasteiger partial charge in [0.15, 0.2) is 5.65 Å². The van der Waals surface area contributed by atoms with E-state index in [1.165, 1.54) is 4.52 Å². The zero-order valence-electron chi connectivity index (χ0n) is 10.5. The Bertz CT molecular complexity index is 767. The molecule has 1 atom stereocenters. The third kappa shape index (κ3) is 2.37. The van der Waals surface area contributed by atoms with E-state index in [4.69, 9.17) is 11.6 Å². The summed E-state index contributed by atoms with van der Waals surface area (Å²) in [4.78, 5) is 11.5. The van der Waals surface area contributed by atoms with E-state index >= 15 is 0 Å². The van der Waals surface area contributed by atoms with Gasteiger partial charge in [-0.15, -0.1) is 16.7 Å². The Labute approximate surface area is 119 Å². The highest BCUT2D eigenvalue weighted by molar-refractivity contribution is 6.18. The lowest BCUT2D eigenvalue weighted by atomic mass is 10.1. The van der Waals surface area contributed by atoms with Gasteiger partial charge in [-0.3, -0.25) is 0 Å². The van der Waals surface area contributed by atoms with Gasteiger partial charge in [0.1, 0.15) is 5.82 Å². The van der Waals surface area contributed by atoms with Gasteiger partial charge < -0.3 is 5.32 Å². The molecular formula is C13H12ClN5O. The molecule has 0 aliphatic carbocycles. The predicted molar refractivity (Wildman–Crippen MR) is 77.1 cm³/mol. The molecule has 3 rings (SSSR count). The van der Waals surface area contributed by atoms with Crippen LogP contribution in [0.25, 0.3) is 5.65 Å². The molecule has 1 aromatic carbocycles. The number of hydrogen-bond donors (Lipinski definition) is 2. The van der Waals surface area contributed by atoms with Crippen LogP contribution in [-0.4, -0.2) is 25.7 Å². The van der Waals surface area contributed by atoms with Crippen LogP contribution in [0.5, 0.6) is 0 Å². The van der Waals surface area contributed by atoms with Crippen LogP contribution < -0.4 is 11.0 Å². The van der Waals surface area contributed by atoms with Crippen molar-refractivity contribution in [2.45, 2.75) is 6.04 Å². The molecule has 0 fully saturated rings. The van der Waals surface area contributed by atoms with Gasteiger partial charge in [-0.2, -0.15) is 9.61 Å². The van der Waals surface area contributed by atoms with Crippen molar-refractivity contribution >= 4 is 23.1 Å². The number of aromatic nitrogens is 4. The minimum Gasteiger partial charge on any atom is -0.361 e. The van der Waals surface area contributed by atoms with Gasteiger partial charge in [-0.1, -0.05) is 30.3 Å². The van der Waals surface area contributed by atoms with Crippen molar-refractivity contribution in [3.8, 4) is 0 Å². The summed E-state index contributed by atoms with van der Waals surface area (Å²) in [6.07, 6.45) is 0. The maximum atomic E-state index is 11.5. The molecule has 102 valence electrons. The van der Waals surface area contributed by atoms with E-state index in [1.54, 1.807) is 12.1 Å². The Morgan fingerprint density at radius 2 is 2.05 bits per heavy atom. The highest BCUT2D eigenvalue weighted by atomic mass is 35.5. The minimum atomic E-state index is -0.370. The van der Waals surface area contributed by atoms with Crippen LogP contribution in [0, 0.1) is 0 Å². The van der Waals surface area contributed by atoms with Crippen molar-refractivity contribution in [1.29, 1.82) is 0 Å². The number of hydrogen-bond acceptors (Lipinski definition) is 4. The topological polar surface area (TPSA) is 75.1 Å². The minimum absolute atomic E-state index is 0.0783. The Morgan fingerprint density at radius 1 is 1.25 bits per heavy atom. The number of rotatable bonds is 4. The molecule has 20 heavy (non-hydrogen) atoms. The number of nitrogens with one attached hydrogen (secondary N) is 2. The third-order valence-electron chi connectivity index (χ3n) is 2.95. The molecule has 0 amide bonds. The van der Waals surface area contributed by atoms with Gasteiger partial charge in [-0.25, -0.2) is 9.89 Å². The van der Waals surface area contributed by atoms with Crippen molar-refractivity contribution in [3.05, 3.63) is 58.5 Å². The first-order valence-electron chi connectivity index (χ1n) is 6.10. The lowest BCUT2D eigenvalue weighted by Crippen LogP contribution is -2.17. The zero-order valence-corrected chi connectivity index (χ0v) is 11.2. The van der Waals surface area contributed by atoms with Crippen LogP contribution in [-0.2, 0) is 0 Å². The van der Waals surface area contributed by atoms with E-state index in [1.807, 2.05) is 30.3 Å². The SMILES string of the molecule is O=c1[nH]nc2ccc(NC(CCl)c3ccccc3)nn12. The number of benzene rings is 1. The summed E-state index contributed by atoms with van der Waals surface area (Å²) >= 11 is 6.00. The molecule has 1 unspecified atom stereocenters. The molecule has 0 radical (unpaired) electrons. The quantitative estimate of drug-likeness (QED) is 0.718. The molecule has 0 aliphatic rings. The summed E-state index contributed by atoms with van der Waals surface area (Å²) in [6, 6.07) is 13.2. The Morgan fingerprint density at radius 3 is 2.80 bits per heavy atom. The van der Waals surface area contributed by atoms with Gasteiger partial charge in [0.2, 0.25) is 0 Å². The predicted octanol–water partition coefficient (Wildman–Crippen LogP) is 1.81. The summed E-state index contributed by atoms with van der Waals surface area (Å²) in [5, 5.41) is 13.6. The number of aromatic amines is 1. The number of H-pyrrole nitrogens is 1. The first kappa shape index (κ1) is 12.7. The normalized spacial score (nSPS) is 12.4. The van der Waals surface area contributed by atoms with Crippen LogP contribution in [0.3, 0.4) is 0 Å². The molecule has 7 heteroatoms. The molecule has 2 N–H and O–H groups in total. The molecule has 0 spiro atoms. The summed E-state index contributed by atoms with van der Waals surface area (Å²) in [5.41, 5.74) is 1.16. The molecule has 0 aliphatic heterocycles. The maximum Gasteiger partial charge on any atom is 0.364 e. The van der Waals surface area contributed by atoms with Crippen LogP contribution in [0.2, 0.25) is 0 Å². The van der Waals surface area contributed by atoms with Crippen molar-refractivity contribution in [3.63, 3.8) is 0 Å². The molecule has 0 bridgehead atoms. The van der Waals surface area contributed by atoms with Gasteiger partial charge in [0, 0.05) is 5.88 Å². The summed E-state index contributed by atoms with van der Waals surface area (Å²) in [6.45, 7) is 0. The van der Waals surface area contributed by atoms with Crippen LogP contribution in [0.15, 0.2) is 47.3 Å². The Kier molecular flexibility index (Phi) is 3.39. The second kappa shape index (κ2) is 5.34. The second-order valence-corrected chi connectivity index (χ2v) is 4.59. The average molecular weight is 290 g/mol. The first-order chi connectivity index (χ1) is 9.78. The van der Waals surface area contributed by atoms with Crippen molar-refractivity contribution in [2.75, 3.05) is 11.2 Å². The van der Waals surface area contributed by atoms with E-state index in [9.17, 15) is 4.79 Å².